The molecule has 1 N–H and O–H groups in total. The van der Waals surface area contributed by atoms with E-state index in [0.717, 1.165) is 26.9 Å². The SMILES string of the molecule is COc1ccc(-n2c(=O)[nH]c3cc(Br)ccc32)cc1. The first kappa shape index (κ1) is 12.0. The summed E-state index contributed by atoms with van der Waals surface area (Å²) >= 11 is 3.39. The van der Waals surface area contributed by atoms with Gasteiger partial charge in [-0.2, -0.15) is 0 Å². The van der Waals surface area contributed by atoms with Crippen LogP contribution in [0.15, 0.2) is 51.7 Å². The van der Waals surface area contributed by atoms with E-state index in [0.29, 0.717) is 0 Å². The van der Waals surface area contributed by atoms with E-state index in [2.05, 4.69) is 20.9 Å². The molecule has 0 saturated heterocycles. The summed E-state index contributed by atoms with van der Waals surface area (Å²) in [6, 6.07) is 13.1. The molecule has 0 spiro atoms. The molecule has 19 heavy (non-hydrogen) atoms. The van der Waals surface area contributed by atoms with Crippen LogP contribution >= 0.6 is 15.9 Å². The maximum absolute atomic E-state index is 12.1. The monoisotopic (exact) mass is 318 g/mol. The highest BCUT2D eigenvalue weighted by Crippen LogP contribution is 2.21. The minimum Gasteiger partial charge on any atom is -0.497 e. The number of aromatic amines is 1. The van der Waals surface area contributed by atoms with Gasteiger partial charge in [0, 0.05) is 4.47 Å². The third kappa shape index (κ3) is 2.06. The lowest BCUT2D eigenvalue weighted by Crippen LogP contribution is -2.14. The van der Waals surface area contributed by atoms with Crippen molar-refractivity contribution in [3.63, 3.8) is 0 Å². The smallest absolute Gasteiger partial charge is 0.331 e. The number of nitrogens with zero attached hydrogens (tertiary/aromatic N) is 1. The number of hydrogen-bond donors (Lipinski definition) is 1. The van der Waals surface area contributed by atoms with Crippen LogP contribution in [0.25, 0.3) is 16.7 Å². The summed E-state index contributed by atoms with van der Waals surface area (Å²) in [4.78, 5) is 14.9. The lowest BCUT2D eigenvalue weighted by atomic mass is 10.2. The molecule has 0 amide bonds. The Hall–Kier alpha value is -2.01. The zero-order valence-electron chi connectivity index (χ0n) is 10.2. The van der Waals surface area contributed by atoms with Crippen LogP contribution in [0.1, 0.15) is 0 Å². The third-order valence-electron chi connectivity index (χ3n) is 2.97. The Balaban J connectivity index is 2.23. The first-order valence-corrected chi connectivity index (χ1v) is 6.53. The number of fused-ring (bicyclic) bond motifs is 1. The van der Waals surface area contributed by atoms with Gasteiger partial charge in [-0.1, -0.05) is 15.9 Å². The van der Waals surface area contributed by atoms with Gasteiger partial charge < -0.3 is 9.72 Å². The number of ether oxygens (including phenoxy) is 1. The number of methoxy groups -OCH3 is 1. The lowest BCUT2D eigenvalue weighted by molar-refractivity contribution is 0.414. The summed E-state index contributed by atoms with van der Waals surface area (Å²) in [6.07, 6.45) is 0. The van der Waals surface area contributed by atoms with Crippen LogP contribution < -0.4 is 10.4 Å². The molecule has 0 bridgehead atoms. The highest BCUT2D eigenvalue weighted by atomic mass is 79.9. The van der Waals surface area contributed by atoms with Crippen molar-refractivity contribution in [1.82, 2.24) is 9.55 Å². The van der Waals surface area contributed by atoms with Crippen molar-refractivity contribution in [3.05, 3.63) is 57.4 Å². The summed E-state index contributed by atoms with van der Waals surface area (Å²) in [6.45, 7) is 0. The van der Waals surface area contributed by atoms with Gasteiger partial charge in [0.15, 0.2) is 0 Å². The van der Waals surface area contributed by atoms with E-state index in [1.54, 1.807) is 11.7 Å². The molecule has 3 rings (SSSR count). The standard InChI is InChI=1S/C14H11BrN2O2/c1-19-11-5-3-10(4-6-11)17-13-7-2-9(15)8-12(13)16-14(17)18/h2-8H,1H3,(H,16,18). The fraction of sp³-hybridized carbons (Fsp3) is 0.0714. The molecule has 0 fully saturated rings. The number of imidazole rings is 1. The van der Waals surface area contributed by atoms with Gasteiger partial charge in [0.1, 0.15) is 5.75 Å². The van der Waals surface area contributed by atoms with Gasteiger partial charge in [-0.05, 0) is 42.5 Å². The molecule has 0 atom stereocenters. The summed E-state index contributed by atoms with van der Waals surface area (Å²) in [5.41, 5.74) is 2.30. The molecule has 0 aliphatic heterocycles. The molecule has 0 aliphatic carbocycles. The second-order valence-corrected chi connectivity index (χ2v) is 5.04. The van der Waals surface area contributed by atoms with Gasteiger partial charge in [0.05, 0.1) is 23.8 Å². The maximum Gasteiger partial charge on any atom is 0.331 e. The average Bonchev–Trinajstić information content (AvgIpc) is 2.74. The van der Waals surface area contributed by atoms with Crippen molar-refractivity contribution in [2.24, 2.45) is 0 Å². The van der Waals surface area contributed by atoms with Crippen molar-refractivity contribution in [1.29, 1.82) is 0 Å². The van der Waals surface area contributed by atoms with Crippen LogP contribution in [0.4, 0.5) is 0 Å². The molecular weight excluding hydrogens is 308 g/mol. The van der Waals surface area contributed by atoms with Gasteiger partial charge in [-0.3, -0.25) is 4.57 Å². The largest absolute Gasteiger partial charge is 0.497 e. The molecule has 0 saturated carbocycles. The minimum atomic E-state index is -0.154. The zero-order valence-corrected chi connectivity index (χ0v) is 11.8. The summed E-state index contributed by atoms with van der Waals surface area (Å²) in [7, 11) is 1.62. The molecule has 2 aromatic carbocycles. The van der Waals surface area contributed by atoms with Crippen molar-refractivity contribution in [2.75, 3.05) is 7.11 Å². The fourth-order valence-corrected chi connectivity index (χ4v) is 2.43. The number of hydrogen-bond acceptors (Lipinski definition) is 2. The minimum absolute atomic E-state index is 0.154. The van der Waals surface area contributed by atoms with Crippen molar-refractivity contribution in [2.45, 2.75) is 0 Å². The van der Waals surface area contributed by atoms with Crippen LogP contribution in [0, 0.1) is 0 Å². The van der Waals surface area contributed by atoms with E-state index >= 15 is 0 Å². The Kier molecular flexibility index (Phi) is 2.91. The van der Waals surface area contributed by atoms with Crippen molar-refractivity contribution >= 4 is 27.0 Å². The number of benzene rings is 2. The molecule has 4 nitrogen and oxygen atoms in total. The zero-order chi connectivity index (χ0) is 13.4. The van der Waals surface area contributed by atoms with E-state index in [4.69, 9.17) is 4.74 Å². The van der Waals surface area contributed by atoms with Gasteiger partial charge >= 0.3 is 5.69 Å². The van der Waals surface area contributed by atoms with Crippen LogP contribution in [-0.2, 0) is 0 Å². The summed E-state index contributed by atoms with van der Waals surface area (Å²) in [5.74, 6) is 0.763. The van der Waals surface area contributed by atoms with E-state index in [1.807, 2.05) is 42.5 Å². The molecule has 0 radical (unpaired) electrons. The second kappa shape index (κ2) is 4.59. The first-order chi connectivity index (χ1) is 9.19. The molecule has 0 aliphatic rings. The van der Waals surface area contributed by atoms with Crippen LogP contribution in [0.2, 0.25) is 0 Å². The fourth-order valence-electron chi connectivity index (χ4n) is 2.07. The van der Waals surface area contributed by atoms with Crippen LogP contribution in [-0.4, -0.2) is 16.7 Å². The van der Waals surface area contributed by atoms with Gasteiger partial charge in [0.2, 0.25) is 0 Å². The van der Waals surface area contributed by atoms with Gasteiger partial charge in [-0.25, -0.2) is 4.79 Å². The highest BCUT2D eigenvalue weighted by Gasteiger charge is 2.08. The highest BCUT2D eigenvalue weighted by molar-refractivity contribution is 9.10. The van der Waals surface area contributed by atoms with Crippen molar-refractivity contribution in [3.8, 4) is 11.4 Å². The lowest BCUT2D eigenvalue weighted by Gasteiger charge is -2.05. The average molecular weight is 319 g/mol. The predicted molar refractivity (Wildman–Crippen MR) is 78.1 cm³/mol. The van der Waals surface area contributed by atoms with Crippen LogP contribution in [0.3, 0.4) is 0 Å². The quantitative estimate of drug-likeness (QED) is 0.789. The van der Waals surface area contributed by atoms with Gasteiger partial charge in [-0.15, -0.1) is 0 Å². The second-order valence-electron chi connectivity index (χ2n) is 4.13. The number of halogens is 1. The molecule has 3 aromatic rings. The molecule has 0 unspecified atom stereocenters. The number of aromatic nitrogens is 2. The Labute approximate surface area is 117 Å². The van der Waals surface area contributed by atoms with E-state index in [9.17, 15) is 4.79 Å². The van der Waals surface area contributed by atoms with E-state index < -0.39 is 0 Å². The third-order valence-corrected chi connectivity index (χ3v) is 3.47. The molecule has 1 heterocycles. The molecule has 96 valence electrons. The van der Waals surface area contributed by atoms with Gasteiger partial charge in [0.25, 0.3) is 0 Å². The number of rotatable bonds is 2. The Bertz CT molecular complexity index is 787. The summed E-state index contributed by atoms with van der Waals surface area (Å²) < 4.78 is 7.69. The normalized spacial score (nSPS) is 10.8. The molecular formula is C14H11BrN2O2. The first-order valence-electron chi connectivity index (χ1n) is 5.74. The predicted octanol–water partition coefficient (Wildman–Crippen LogP) is 3.09. The van der Waals surface area contributed by atoms with E-state index in [1.165, 1.54) is 0 Å². The Morgan fingerprint density at radius 2 is 1.89 bits per heavy atom. The Morgan fingerprint density at radius 3 is 2.58 bits per heavy atom. The number of H-pyrrole nitrogens is 1. The van der Waals surface area contributed by atoms with E-state index in [-0.39, 0.29) is 5.69 Å². The van der Waals surface area contributed by atoms with Crippen molar-refractivity contribution < 1.29 is 4.74 Å². The summed E-state index contributed by atoms with van der Waals surface area (Å²) in [5, 5.41) is 0. The Morgan fingerprint density at radius 1 is 1.16 bits per heavy atom. The topological polar surface area (TPSA) is 47.0 Å². The number of nitrogens with one attached hydrogen (secondary N) is 1. The molecule has 5 heteroatoms. The maximum atomic E-state index is 12.1. The van der Waals surface area contributed by atoms with Crippen LogP contribution in [0.5, 0.6) is 5.75 Å². The molecule has 1 aromatic heterocycles.